The number of benzene rings is 1. The van der Waals surface area contributed by atoms with Crippen molar-refractivity contribution in [3.63, 3.8) is 0 Å². The molecule has 0 bridgehead atoms. The zero-order valence-electron chi connectivity index (χ0n) is 13.6. The molecule has 1 amide bonds. The number of nitrogen functional groups attached to an aromatic ring is 1. The van der Waals surface area contributed by atoms with E-state index in [1.807, 2.05) is 30.5 Å². The highest BCUT2D eigenvalue weighted by Crippen LogP contribution is 2.29. The van der Waals surface area contributed by atoms with E-state index in [9.17, 15) is 4.79 Å². The van der Waals surface area contributed by atoms with Crippen LogP contribution in [0.4, 0.5) is 5.82 Å². The first-order chi connectivity index (χ1) is 11.6. The smallest absolute Gasteiger partial charge is 0.216 e. The predicted octanol–water partition coefficient (Wildman–Crippen LogP) is 2.19. The van der Waals surface area contributed by atoms with Crippen molar-refractivity contribution in [3.05, 3.63) is 35.9 Å². The van der Waals surface area contributed by atoms with E-state index in [4.69, 9.17) is 10.5 Å². The minimum absolute atomic E-state index is 0.0358. The second kappa shape index (κ2) is 7.12. The van der Waals surface area contributed by atoms with Crippen molar-refractivity contribution in [3.8, 4) is 5.75 Å². The Labute approximate surface area is 140 Å². The van der Waals surface area contributed by atoms with Crippen molar-refractivity contribution in [2.45, 2.75) is 13.3 Å². The fourth-order valence-corrected chi connectivity index (χ4v) is 2.59. The number of anilines is 1. The molecule has 0 saturated heterocycles. The Bertz CT molecular complexity index is 827. The van der Waals surface area contributed by atoms with Gasteiger partial charge in [0.15, 0.2) is 0 Å². The Morgan fingerprint density at radius 3 is 3.00 bits per heavy atom. The molecule has 0 aliphatic carbocycles. The normalized spacial score (nSPS) is 13.1. The number of pyridine rings is 1. The number of amides is 1. The number of ether oxygens (including phenoxy) is 1. The summed E-state index contributed by atoms with van der Waals surface area (Å²) in [4.78, 5) is 19.5. The van der Waals surface area contributed by atoms with Crippen molar-refractivity contribution in [2.75, 3.05) is 25.4 Å². The maximum absolute atomic E-state index is 10.8. The third-order valence-electron chi connectivity index (χ3n) is 3.76. The minimum Gasteiger partial charge on any atom is -0.493 e. The SMILES string of the molecule is CC(=O)NCCCOc1cc(N)nc2cc(C3=CC=NC3)ccc12. The van der Waals surface area contributed by atoms with E-state index < -0.39 is 0 Å². The van der Waals surface area contributed by atoms with E-state index >= 15 is 0 Å². The van der Waals surface area contributed by atoms with Gasteiger partial charge >= 0.3 is 0 Å². The maximum atomic E-state index is 10.8. The van der Waals surface area contributed by atoms with Gasteiger partial charge in [-0.3, -0.25) is 9.79 Å². The van der Waals surface area contributed by atoms with Gasteiger partial charge in [-0.15, -0.1) is 0 Å². The zero-order chi connectivity index (χ0) is 16.9. The summed E-state index contributed by atoms with van der Waals surface area (Å²) < 4.78 is 5.84. The molecule has 2 heterocycles. The van der Waals surface area contributed by atoms with E-state index in [-0.39, 0.29) is 5.91 Å². The number of nitrogens with one attached hydrogen (secondary N) is 1. The number of carbonyl (C=O) groups excluding carboxylic acids is 1. The number of hydrogen-bond acceptors (Lipinski definition) is 5. The van der Waals surface area contributed by atoms with Crippen molar-refractivity contribution < 1.29 is 9.53 Å². The number of aliphatic imine (C=N–C) groups is 1. The first-order valence-corrected chi connectivity index (χ1v) is 7.90. The van der Waals surface area contributed by atoms with Crippen LogP contribution in [0.25, 0.3) is 16.5 Å². The average molecular weight is 324 g/mol. The molecule has 0 spiro atoms. The Morgan fingerprint density at radius 1 is 1.38 bits per heavy atom. The summed E-state index contributed by atoms with van der Waals surface area (Å²) in [7, 11) is 0. The van der Waals surface area contributed by atoms with Crippen LogP contribution in [0.1, 0.15) is 18.9 Å². The summed E-state index contributed by atoms with van der Waals surface area (Å²) >= 11 is 0. The van der Waals surface area contributed by atoms with Gasteiger partial charge < -0.3 is 15.8 Å². The molecule has 124 valence electrons. The van der Waals surface area contributed by atoms with Crippen molar-refractivity contribution >= 4 is 34.4 Å². The molecule has 1 aliphatic rings. The molecule has 6 nitrogen and oxygen atoms in total. The fraction of sp³-hybridized carbons (Fsp3) is 0.278. The van der Waals surface area contributed by atoms with Gasteiger partial charge in [-0.25, -0.2) is 4.98 Å². The van der Waals surface area contributed by atoms with Gasteiger partial charge in [-0.2, -0.15) is 0 Å². The Kier molecular flexibility index (Phi) is 4.74. The van der Waals surface area contributed by atoms with E-state index in [0.717, 1.165) is 22.9 Å². The van der Waals surface area contributed by atoms with Crippen LogP contribution in [0.3, 0.4) is 0 Å². The quantitative estimate of drug-likeness (QED) is 0.797. The summed E-state index contributed by atoms with van der Waals surface area (Å²) in [5, 5.41) is 3.67. The van der Waals surface area contributed by atoms with Crippen LogP contribution in [-0.4, -0.2) is 36.8 Å². The second-order valence-corrected chi connectivity index (χ2v) is 5.64. The number of rotatable bonds is 6. The highest BCUT2D eigenvalue weighted by Gasteiger charge is 2.10. The highest BCUT2D eigenvalue weighted by atomic mass is 16.5. The molecule has 24 heavy (non-hydrogen) atoms. The maximum Gasteiger partial charge on any atom is 0.216 e. The lowest BCUT2D eigenvalue weighted by Gasteiger charge is -2.11. The van der Waals surface area contributed by atoms with E-state index in [1.54, 1.807) is 6.07 Å². The number of hydrogen-bond donors (Lipinski definition) is 2. The third-order valence-corrected chi connectivity index (χ3v) is 3.76. The molecule has 3 N–H and O–H groups in total. The van der Waals surface area contributed by atoms with Gasteiger partial charge in [-0.05, 0) is 35.8 Å². The number of nitrogens with zero attached hydrogens (tertiary/aromatic N) is 2. The monoisotopic (exact) mass is 324 g/mol. The standard InChI is InChI=1S/C18H20N4O2/c1-12(23)21-6-2-8-24-17-10-18(19)22-16-9-13(3-4-15(16)17)14-5-7-20-11-14/h3-5,7,9-10H,2,6,8,11H2,1H3,(H2,19,22)(H,21,23). The second-order valence-electron chi connectivity index (χ2n) is 5.64. The summed E-state index contributed by atoms with van der Waals surface area (Å²) in [5.41, 5.74) is 8.97. The topological polar surface area (TPSA) is 89.6 Å². The number of nitrogens with two attached hydrogens (primary N) is 1. The molecule has 0 fully saturated rings. The van der Waals surface area contributed by atoms with E-state index in [1.165, 1.54) is 12.5 Å². The predicted molar refractivity (Wildman–Crippen MR) is 96.3 cm³/mol. The number of aromatic nitrogens is 1. The van der Waals surface area contributed by atoms with E-state index in [0.29, 0.717) is 31.3 Å². The highest BCUT2D eigenvalue weighted by molar-refractivity contribution is 5.94. The zero-order valence-corrected chi connectivity index (χ0v) is 13.6. The molecule has 1 aromatic carbocycles. The summed E-state index contributed by atoms with van der Waals surface area (Å²) in [6.07, 6.45) is 4.55. The van der Waals surface area contributed by atoms with E-state index in [2.05, 4.69) is 15.3 Å². The van der Waals surface area contributed by atoms with Crippen LogP contribution in [0, 0.1) is 0 Å². The van der Waals surface area contributed by atoms with Crippen LogP contribution in [0.5, 0.6) is 5.75 Å². The largest absolute Gasteiger partial charge is 0.493 e. The lowest BCUT2D eigenvalue weighted by atomic mass is 10.0. The third kappa shape index (κ3) is 3.71. The molecule has 0 unspecified atom stereocenters. The van der Waals surface area contributed by atoms with Crippen LogP contribution in [-0.2, 0) is 4.79 Å². The van der Waals surface area contributed by atoms with Gasteiger partial charge in [-0.1, -0.05) is 6.07 Å². The van der Waals surface area contributed by atoms with Crippen molar-refractivity contribution in [1.82, 2.24) is 10.3 Å². The summed E-state index contributed by atoms with van der Waals surface area (Å²) in [5.74, 6) is 1.10. The molecule has 1 aliphatic heterocycles. The van der Waals surface area contributed by atoms with Gasteiger partial charge in [0.2, 0.25) is 5.91 Å². The van der Waals surface area contributed by atoms with Crippen LogP contribution < -0.4 is 15.8 Å². The summed E-state index contributed by atoms with van der Waals surface area (Å²) in [6, 6.07) is 7.79. The minimum atomic E-state index is -0.0358. The molecular weight excluding hydrogens is 304 g/mol. The molecule has 0 saturated carbocycles. The van der Waals surface area contributed by atoms with Crippen LogP contribution in [0.2, 0.25) is 0 Å². The molecule has 0 atom stereocenters. The van der Waals surface area contributed by atoms with Crippen molar-refractivity contribution in [2.24, 2.45) is 4.99 Å². The molecule has 1 aromatic heterocycles. The number of carbonyl (C=O) groups is 1. The van der Waals surface area contributed by atoms with Gasteiger partial charge in [0, 0.05) is 31.1 Å². The fourth-order valence-electron chi connectivity index (χ4n) is 2.59. The number of fused-ring (bicyclic) bond motifs is 1. The van der Waals surface area contributed by atoms with Gasteiger partial charge in [0.05, 0.1) is 18.7 Å². The lowest BCUT2D eigenvalue weighted by molar-refractivity contribution is -0.118. The Balaban J connectivity index is 1.76. The summed E-state index contributed by atoms with van der Waals surface area (Å²) in [6.45, 7) is 3.28. The average Bonchev–Trinajstić information content (AvgIpc) is 3.07. The first-order valence-electron chi connectivity index (χ1n) is 7.90. The van der Waals surface area contributed by atoms with Crippen LogP contribution in [0.15, 0.2) is 35.3 Å². The molecule has 0 radical (unpaired) electrons. The van der Waals surface area contributed by atoms with Crippen molar-refractivity contribution in [1.29, 1.82) is 0 Å². The number of allylic oxidation sites excluding steroid dienone is 1. The Morgan fingerprint density at radius 2 is 2.25 bits per heavy atom. The first kappa shape index (κ1) is 16.0. The molecule has 6 heteroatoms. The molecule has 3 rings (SSSR count). The molecule has 2 aromatic rings. The van der Waals surface area contributed by atoms with Gasteiger partial charge in [0.1, 0.15) is 11.6 Å². The van der Waals surface area contributed by atoms with Gasteiger partial charge in [0.25, 0.3) is 0 Å². The molecular formula is C18H20N4O2. The Hall–Kier alpha value is -2.89. The van der Waals surface area contributed by atoms with Crippen LogP contribution >= 0.6 is 0 Å². The lowest BCUT2D eigenvalue weighted by Crippen LogP contribution is -2.22.